The van der Waals surface area contributed by atoms with E-state index in [1.807, 2.05) is 6.07 Å². The molecule has 11 heteroatoms. The quantitative estimate of drug-likeness (QED) is 0.461. The molecule has 0 aliphatic carbocycles. The van der Waals surface area contributed by atoms with Gasteiger partial charge in [0, 0.05) is 43.3 Å². The maximum Gasteiger partial charge on any atom is 0.227 e. The van der Waals surface area contributed by atoms with Crippen LogP contribution in [0.2, 0.25) is 0 Å². The van der Waals surface area contributed by atoms with E-state index in [1.54, 1.807) is 41.7 Å². The van der Waals surface area contributed by atoms with E-state index in [2.05, 4.69) is 36.2 Å². The van der Waals surface area contributed by atoms with Crippen LogP contribution >= 0.6 is 0 Å². The second-order valence-electron chi connectivity index (χ2n) is 9.69. The number of ketones is 1. The summed E-state index contributed by atoms with van der Waals surface area (Å²) in [7, 11) is 0. The van der Waals surface area contributed by atoms with Gasteiger partial charge in [0.1, 0.15) is 18.1 Å². The Morgan fingerprint density at radius 1 is 1.13 bits per heavy atom. The number of pyridine rings is 2. The predicted molar refractivity (Wildman–Crippen MR) is 140 cm³/mol. The minimum Gasteiger partial charge on any atom is -0.393 e. The van der Waals surface area contributed by atoms with Crippen molar-refractivity contribution >= 4 is 23.2 Å². The summed E-state index contributed by atoms with van der Waals surface area (Å²) in [5, 5.41) is 22.4. The second-order valence-corrected chi connectivity index (χ2v) is 9.69. The van der Waals surface area contributed by atoms with E-state index in [9.17, 15) is 19.6 Å². The molecule has 5 rings (SSSR count). The number of nitriles is 1. The van der Waals surface area contributed by atoms with Crippen molar-refractivity contribution in [2.24, 2.45) is 0 Å². The van der Waals surface area contributed by atoms with Gasteiger partial charge in [0.25, 0.3) is 0 Å². The van der Waals surface area contributed by atoms with Crippen LogP contribution in [0.4, 0.5) is 21.8 Å². The zero-order valence-corrected chi connectivity index (χ0v) is 20.9. The van der Waals surface area contributed by atoms with Crippen molar-refractivity contribution in [3.63, 3.8) is 0 Å². The van der Waals surface area contributed by atoms with Gasteiger partial charge in [-0.1, -0.05) is 0 Å². The number of rotatable bonds is 8. The van der Waals surface area contributed by atoms with Crippen LogP contribution in [0.5, 0.6) is 0 Å². The normalized spacial score (nSPS) is 18.3. The van der Waals surface area contributed by atoms with E-state index in [0.29, 0.717) is 72.3 Å². The van der Waals surface area contributed by atoms with Crippen molar-refractivity contribution in [2.75, 3.05) is 42.9 Å². The van der Waals surface area contributed by atoms with Crippen molar-refractivity contribution in [3.05, 3.63) is 54.1 Å². The van der Waals surface area contributed by atoms with Gasteiger partial charge < -0.3 is 15.3 Å². The number of nitrogens with zero attached hydrogens (tertiary/aromatic N) is 7. The molecule has 0 saturated carbocycles. The van der Waals surface area contributed by atoms with Crippen LogP contribution in [0, 0.1) is 11.3 Å². The van der Waals surface area contributed by atoms with Gasteiger partial charge in [0.15, 0.2) is 5.78 Å². The Labute approximate surface area is 220 Å². The van der Waals surface area contributed by atoms with E-state index in [4.69, 9.17) is 0 Å². The van der Waals surface area contributed by atoms with Gasteiger partial charge in [-0.25, -0.2) is 19.3 Å². The lowest BCUT2D eigenvalue weighted by atomic mass is 10.1. The maximum atomic E-state index is 13.6. The third-order valence-electron chi connectivity index (χ3n) is 6.78. The zero-order chi connectivity index (χ0) is 26.5. The largest absolute Gasteiger partial charge is 0.393 e. The Hall–Kier alpha value is -4.01. The number of halogens is 1. The fourth-order valence-corrected chi connectivity index (χ4v) is 4.74. The maximum absolute atomic E-state index is 13.6. The fraction of sp³-hybridized carbons (Fsp3) is 0.407. The molecule has 3 aromatic heterocycles. The van der Waals surface area contributed by atoms with Crippen molar-refractivity contribution < 1.29 is 14.3 Å². The molecule has 5 heterocycles. The van der Waals surface area contributed by atoms with E-state index < -0.39 is 6.17 Å². The third kappa shape index (κ3) is 6.27. The van der Waals surface area contributed by atoms with E-state index >= 15 is 0 Å². The lowest BCUT2D eigenvalue weighted by molar-refractivity contribution is -0.120. The first-order valence-electron chi connectivity index (χ1n) is 12.7. The third-order valence-corrected chi connectivity index (χ3v) is 6.78. The average molecular weight is 517 g/mol. The summed E-state index contributed by atoms with van der Waals surface area (Å²) in [5.74, 6) is 0.933. The van der Waals surface area contributed by atoms with Crippen LogP contribution in [0.1, 0.15) is 30.5 Å². The van der Waals surface area contributed by atoms with Gasteiger partial charge in [0.2, 0.25) is 5.95 Å². The van der Waals surface area contributed by atoms with E-state index in [1.165, 1.54) is 0 Å². The first-order valence-corrected chi connectivity index (χ1v) is 12.7. The molecular weight excluding hydrogens is 487 g/mol. The van der Waals surface area contributed by atoms with Crippen molar-refractivity contribution in [2.45, 2.75) is 38.0 Å². The molecule has 3 aromatic rings. The molecule has 0 amide bonds. The van der Waals surface area contributed by atoms with Crippen LogP contribution in [0.3, 0.4) is 0 Å². The summed E-state index contributed by atoms with van der Waals surface area (Å²) in [6, 6.07) is 9.22. The molecule has 2 aliphatic rings. The molecule has 0 bridgehead atoms. The number of alkyl halides is 1. The predicted octanol–water partition coefficient (Wildman–Crippen LogP) is 2.67. The molecule has 0 unspecified atom stereocenters. The standard InChI is InChI=1S/C27H29FN8O2/c28-20-4-10-36(16-20)26-18(13-29)11-19(14-32-26)25-3-7-30-27(34-25)33-22-2-1-21(31-15-22)12-24(38)17-35-8-5-23(37)6-9-35/h1-3,7,11,14-15,20,23,37H,4-6,8-10,12,16-17H2,(H,30,33,34)/t20-/m0/s1. The second kappa shape index (κ2) is 11.6. The molecule has 38 heavy (non-hydrogen) atoms. The number of Topliss-reactive ketones (excluding diaryl/α,β-unsaturated/α-hetero) is 1. The molecule has 2 fully saturated rings. The minimum atomic E-state index is -0.905. The van der Waals surface area contributed by atoms with Crippen molar-refractivity contribution in [1.29, 1.82) is 5.26 Å². The molecule has 2 saturated heterocycles. The number of aliphatic hydroxyl groups excluding tert-OH is 1. The van der Waals surface area contributed by atoms with Gasteiger partial charge in [-0.15, -0.1) is 0 Å². The zero-order valence-electron chi connectivity index (χ0n) is 20.9. The van der Waals surface area contributed by atoms with Crippen LogP contribution in [-0.4, -0.2) is 80.7 Å². The molecule has 10 nitrogen and oxygen atoms in total. The van der Waals surface area contributed by atoms with Gasteiger partial charge in [0.05, 0.1) is 48.8 Å². The number of piperidine rings is 1. The van der Waals surface area contributed by atoms with E-state index in [0.717, 1.165) is 13.1 Å². The Morgan fingerprint density at radius 2 is 1.97 bits per heavy atom. The van der Waals surface area contributed by atoms with Crippen LogP contribution in [-0.2, 0) is 11.2 Å². The topological polar surface area (TPSA) is 131 Å². The number of anilines is 3. The first-order chi connectivity index (χ1) is 18.5. The molecule has 2 aliphatic heterocycles. The Kier molecular flexibility index (Phi) is 7.81. The average Bonchev–Trinajstić information content (AvgIpc) is 3.37. The number of aromatic nitrogens is 4. The van der Waals surface area contributed by atoms with Gasteiger partial charge in [-0.3, -0.25) is 14.7 Å². The number of carbonyl (C=O) groups is 1. The van der Waals surface area contributed by atoms with Crippen LogP contribution in [0.25, 0.3) is 11.3 Å². The highest BCUT2D eigenvalue weighted by molar-refractivity contribution is 5.82. The summed E-state index contributed by atoms with van der Waals surface area (Å²) < 4.78 is 13.6. The molecule has 1 atom stereocenters. The monoisotopic (exact) mass is 516 g/mol. The summed E-state index contributed by atoms with van der Waals surface area (Å²) >= 11 is 0. The van der Waals surface area contributed by atoms with Crippen molar-refractivity contribution in [1.82, 2.24) is 24.8 Å². The molecule has 2 N–H and O–H groups in total. The molecule has 0 aromatic carbocycles. The van der Waals surface area contributed by atoms with Crippen LogP contribution < -0.4 is 10.2 Å². The number of nitrogens with one attached hydrogen (secondary N) is 1. The van der Waals surface area contributed by atoms with Crippen molar-refractivity contribution in [3.8, 4) is 17.3 Å². The minimum absolute atomic E-state index is 0.0937. The number of aliphatic hydroxyl groups is 1. The summed E-state index contributed by atoms with van der Waals surface area (Å²) in [6.45, 7) is 2.62. The summed E-state index contributed by atoms with van der Waals surface area (Å²) in [5.41, 5.74) is 2.96. The highest BCUT2D eigenvalue weighted by Gasteiger charge is 2.25. The van der Waals surface area contributed by atoms with Gasteiger partial charge in [-0.2, -0.15) is 5.26 Å². The Morgan fingerprint density at radius 3 is 2.68 bits per heavy atom. The highest BCUT2D eigenvalue weighted by atomic mass is 19.1. The van der Waals surface area contributed by atoms with Crippen LogP contribution in [0.15, 0.2) is 42.9 Å². The SMILES string of the molecule is N#Cc1cc(-c2ccnc(Nc3ccc(CC(=O)CN4CCC(O)CC4)nc3)n2)cnc1N1CC[C@H](F)C1. The lowest BCUT2D eigenvalue weighted by Gasteiger charge is -2.28. The van der Waals surface area contributed by atoms with Gasteiger partial charge in [-0.05, 0) is 43.5 Å². The molecule has 196 valence electrons. The number of likely N-dealkylation sites (tertiary alicyclic amines) is 1. The molecular formula is C27H29FN8O2. The summed E-state index contributed by atoms with van der Waals surface area (Å²) in [6.07, 6.45) is 5.81. The first kappa shape index (κ1) is 25.6. The number of hydrogen-bond acceptors (Lipinski definition) is 10. The highest BCUT2D eigenvalue weighted by Crippen LogP contribution is 2.27. The molecule has 0 radical (unpaired) electrons. The van der Waals surface area contributed by atoms with Gasteiger partial charge >= 0.3 is 0 Å². The number of hydrogen-bond donors (Lipinski definition) is 2. The smallest absolute Gasteiger partial charge is 0.227 e. The Balaban J connectivity index is 1.21. The summed E-state index contributed by atoms with van der Waals surface area (Å²) in [4.78, 5) is 34.0. The fourth-order valence-electron chi connectivity index (χ4n) is 4.74. The number of carbonyl (C=O) groups excluding carboxylic acids is 1. The lowest BCUT2D eigenvalue weighted by Crippen LogP contribution is -2.39. The van der Waals surface area contributed by atoms with E-state index in [-0.39, 0.29) is 24.9 Å². The molecule has 0 spiro atoms. The Bertz CT molecular complexity index is 1320.